The molecule has 1 aliphatic carbocycles. The van der Waals surface area contributed by atoms with Crippen LogP contribution in [0.3, 0.4) is 0 Å². The molecule has 1 saturated carbocycles. The second-order valence-corrected chi connectivity index (χ2v) is 6.63. The zero-order valence-electron chi connectivity index (χ0n) is 11.6. The molecule has 0 saturated heterocycles. The Labute approximate surface area is 115 Å². The third-order valence-corrected chi connectivity index (χ3v) is 5.29. The molecule has 4 atom stereocenters. The molecule has 1 aliphatic rings. The summed E-state index contributed by atoms with van der Waals surface area (Å²) in [5.41, 5.74) is 1.08. The van der Waals surface area contributed by atoms with Crippen molar-refractivity contribution in [3.8, 4) is 0 Å². The number of aliphatic hydroxyl groups excluding tert-OH is 1. The fourth-order valence-corrected chi connectivity index (χ4v) is 3.36. The van der Waals surface area contributed by atoms with E-state index in [-0.39, 0.29) is 6.10 Å². The lowest BCUT2D eigenvalue weighted by Gasteiger charge is -2.34. The van der Waals surface area contributed by atoms with Crippen molar-refractivity contribution in [2.45, 2.75) is 44.1 Å². The maximum atomic E-state index is 10.5. The molecule has 1 fully saturated rings. The van der Waals surface area contributed by atoms with Crippen LogP contribution in [0.2, 0.25) is 0 Å². The van der Waals surface area contributed by atoms with Crippen LogP contribution in [0.15, 0.2) is 29.2 Å². The zero-order chi connectivity index (χ0) is 13.1. The standard InChI is InChI=1S/C16H24OS/c1-11-4-5-14(10-12(11)2)16(17)13-6-8-15(18-3)9-7-13/h6-9,11-12,14,16-17H,4-5,10H2,1-3H3. The van der Waals surface area contributed by atoms with Crippen molar-refractivity contribution in [3.05, 3.63) is 29.8 Å². The van der Waals surface area contributed by atoms with E-state index >= 15 is 0 Å². The van der Waals surface area contributed by atoms with Gasteiger partial charge in [-0.05, 0) is 54.5 Å². The van der Waals surface area contributed by atoms with Gasteiger partial charge in [-0.3, -0.25) is 0 Å². The van der Waals surface area contributed by atoms with E-state index in [1.54, 1.807) is 11.8 Å². The molecule has 18 heavy (non-hydrogen) atoms. The Morgan fingerprint density at radius 3 is 2.33 bits per heavy atom. The van der Waals surface area contributed by atoms with Crippen LogP contribution in [0, 0.1) is 17.8 Å². The summed E-state index contributed by atoms with van der Waals surface area (Å²) in [5, 5.41) is 10.5. The molecule has 4 unspecified atom stereocenters. The van der Waals surface area contributed by atoms with Crippen molar-refractivity contribution in [1.29, 1.82) is 0 Å². The SMILES string of the molecule is CSc1ccc(C(O)C2CCC(C)C(C)C2)cc1. The minimum absolute atomic E-state index is 0.282. The molecule has 1 N–H and O–H groups in total. The van der Waals surface area contributed by atoms with Crippen molar-refractivity contribution in [2.24, 2.45) is 17.8 Å². The summed E-state index contributed by atoms with van der Waals surface area (Å²) in [6.07, 6.45) is 5.38. The van der Waals surface area contributed by atoms with Crippen molar-refractivity contribution in [2.75, 3.05) is 6.26 Å². The summed E-state index contributed by atoms with van der Waals surface area (Å²) >= 11 is 1.74. The van der Waals surface area contributed by atoms with Crippen LogP contribution in [0.5, 0.6) is 0 Å². The van der Waals surface area contributed by atoms with Gasteiger partial charge in [0.05, 0.1) is 6.10 Å². The van der Waals surface area contributed by atoms with Crippen molar-refractivity contribution >= 4 is 11.8 Å². The van der Waals surface area contributed by atoms with Gasteiger partial charge in [-0.25, -0.2) is 0 Å². The highest BCUT2D eigenvalue weighted by Crippen LogP contribution is 2.39. The molecular weight excluding hydrogens is 240 g/mol. The predicted molar refractivity (Wildman–Crippen MR) is 78.9 cm³/mol. The third-order valence-electron chi connectivity index (χ3n) is 4.54. The van der Waals surface area contributed by atoms with Gasteiger partial charge in [0.25, 0.3) is 0 Å². The first-order valence-electron chi connectivity index (χ1n) is 6.93. The second-order valence-electron chi connectivity index (χ2n) is 5.75. The first-order chi connectivity index (χ1) is 8.61. The first kappa shape index (κ1) is 14.0. The van der Waals surface area contributed by atoms with Crippen molar-refractivity contribution < 1.29 is 5.11 Å². The van der Waals surface area contributed by atoms with Gasteiger partial charge in [-0.2, -0.15) is 0 Å². The summed E-state index contributed by atoms with van der Waals surface area (Å²) < 4.78 is 0. The van der Waals surface area contributed by atoms with Gasteiger partial charge < -0.3 is 5.11 Å². The van der Waals surface area contributed by atoms with Gasteiger partial charge in [-0.15, -0.1) is 11.8 Å². The topological polar surface area (TPSA) is 20.2 Å². The highest BCUT2D eigenvalue weighted by atomic mass is 32.2. The van der Waals surface area contributed by atoms with Crippen LogP contribution in [0.25, 0.3) is 0 Å². The summed E-state index contributed by atoms with van der Waals surface area (Å²) in [6.45, 7) is 4.65. The smallest absolute Gasteiger partial charge is 0.0818 e. The van der Waals surface area contributed by atoms with Crippen molar-refractivity contribution in [3.63, 3.8) is 0 Å². The molecule has 100 valence electrons. The summed E-state index contributed by atoms with van der Waals surface area (Å²) in [5.74, 6) is 1.99. The summed E-state index contributed by atoms with van der Waals surface area (Å²) in [7, 11) is 0. The molecule has 0 aliphatic heterocycles. The lowest BCUT2D eigenvalue weighted by Crippen LogP contribution is -2.25. The maximum Gasteiger partial charge on any atom is 0.0818 e. The van der Waals surface area contributed by atoms with E-state index < -0.39 is 0 Å². The Morgan fingerprint density at radius 1 is 1.11 bits per heavy atom. The van der Waals surface area contributed by atoms with Crippen LogP contribution in [-0.2, 0) is 0 Å². The molecule has 0 radical (unpaired) electrons. The molecule has 0 aromatic heterocycles. The van der Waals surface area contributed by atoms with Gasteiger partial charge in [-0.1, -0.05) is 32.4 Å². The molecule has 0 amide bonds. The molecule has 1 aromatic rings. The van der Waals surface area contributed by atoms with Crippen LogP contribution in [-0.4, -0.2) is 11.4 Å². The van der Waals surface area contributed by atoms with E-state index in [0.717, 1.165) is 30.2 Å². The monoisotopic (exact) mass is 264 g/mol. The quantitative estimate of drug-likeness (QED) is 0.810. The van der Waals surface area contributed by atoms with E-state index in [1.165, 1.54) is 11.3 Å². The Hall–Kier alpha value is -0.470. The van der Waals surface area contributed by atoms with Crippen LogP contribution < -0.4 is 0 Å². The Morgan fingerprint density at radius 2 is 1.78 bits per heavy atom. The number of rotatable bonds is 3. The summed E-state index contributed by atoms with van der Waals surface area (Å²) in [6, 6.07) is 8.38. The largest absolute Gasteiger partial charge is 0.388 e. The van der Waals surface area contributed by atoms with E-state index in [4.69, 9.17) is 0 Å². The fraction of sp³-hybridized carbons (Fsp3) is 0.625. The molecule has 0 heterocycles. The Kier molecular flexibility index (Phi) is 4.74. The minimum Gasteiger partial charge on any atom is -0.388 e. The van der Waals surface area contributed by atoms with Gasteiger partial charge >= 0.3 is 0 Å². The van der Waals surface area contributed by atoms with E-state index in [1.807, 2.05) is 0 Å². The normalized spacial score (nSPS) is 30.1. The molecule has 1 nitrogen and oxygen atoms in total. The van der Waals surface area contributed by atoms with Gasteiger partial charge in [0, 0.05) is 4.90 Å². The number of thioether (sulfide) groups is 1. The minimum atomic E-state index is -0.282. The highest BCUT2D eigenvalue weighted by molar-refractivity contribution is 7.98. The van der Waals surface area contributed by atoms with E-state index in [9.17, 15) is 5.11 Å². The number of hydrogen-bond donors (Lipinski definition) is 1. The molecule has 0 spiro atoms. The number of hydrogen-bond acceptors (Lipinski definition) is 2. The lowest BCUT2D eigenvalue weighted by atomic mass is 9.73. The first-order valence-corrected chi connectivity index (χ1v) is 8.16. The Bertz CT molecular complexity index is 373. The number of aliphatic hydroxyl groups is 1. The van der Waals surface area contributed by atoms with Crippen LogP contribution >= 0.6 is 11.8 Å². The maximum absolute atomic E-state index is 10.5. The van der Waals surface area contributed by atoms with Crippen LogP contribution in [0.1, 0.15) is 44.8 Å². The molecular formula is C16H24OS. The predicted octanol–water partition coefficient (Wildman–Crippen LogP) is 4.51. The zero-order valence-corrected chi connectivity index (χ0v) is 12.4. The lowest BCUT2D eigenvalue weighted by molar-refractivity contribution is 0.0561. The van der Waals surface area contributed by atoms with Gasteiger partial charge in [0.15, 0.2) is 0 Å². The third kappa shape index (κ3) is 3.10. The molecule has 0 bridgehead atoms. The average molecular weight is 264 g/mol. The second kappa shape index (κ2) is 6.12. The van der Waals surface area contributed by atoms with E-state index in [0.29, 0.717) is 5.92 Å². The average Bonchev–Trinajstić information content (AvgIpc) is 2.41. The van der Waals surface area contributed by atoms with Crippen molar-refractivity contribution in [1.82, 2.24) is 0 Å². The Balaban J connectivity index is 2.03. The van der Waals surface area contributed by atoms with Gasteiger partial charge in [0.1, 0.15) is 0 Å². The van der Waals surface area contributed by atoms with E-state index in [2.05, 4.69) is 44.4 Å². The molecule has 1 aromatic carbocycles. The molecule has 2 rings (SSSR count). The van der Waals surface area contributed by atoms with Crippen LogP contribution in [0.4, 0.5) is 0 Å². The number of benzene rings is 1. The summed E-state index contributed by atoms with van der Waals surface area (Å²) in [4.78, 5) is 1.26. The molecule has 2 heteroatoms. The highest BCUT2D eigenvalue weighted by Gasteiger charge is 2.29. The van der Waals surface area contributed by atoms with Gasteiger partial charge in [0.2, 0.25) is 0 Å². The fourth-order valence-electron chi connectivity index (χ4n) is 2.95.